The number of halogens is 1. The third kappa shape index (κ3) is 3.61. The molecule has 1 fully saturated rings. The van der Waals surface area contributed by atoms with Gasteiger partial charge < -0.3 is 4.74 Å². The smallest absolute Gasteiger partial charge is 0.243 e. The van der Waals surface area contributed by atoms with Crippen LogP contribution in [0.25, 0.3) is 0 Å². The number of sulfonamides is 1. The Balaban J connectivity index is 2.16. The Morgan fingerprint density at radius 2 is 2.10 bits per heavy atom. The second kappa shape index (κ2) is 7.02. The molecule has 112 valence electrons. The zero-order valence-electron chi connectivity index (χ0n) is 11.3. The van der Waals surface area contributed by atoms with E-state index in [1.165, 1.54) is 0 Å². The van der Waals surface area contributed by atoms with Crippen molar-refractivity contribution < 1.29 is 13.2 Å². The van der Waals surface area contributed by atoms with Crippen LogP contribution < -0.4 is 4.74 Å². The number of ether oxygens (including phenoxy) is 1. The van der Waals surface area contributed by atoms with Crippen LogP contribution in [0.3, 0.4) is 0 Å². The van der Waals surface area contributed by atoms with E-state index in [4.69, 9.17) is 16.3 Å². The third-order valence-corrected chi connectivity index (χ3v) is 6.45. The van der Waals surface area contributed by atoms with Crippen LogP contribution in [0.15, 0.2) is 29.2 Å². The predicted molar refractivity (Wildman–Crippen MR) is 83.3 cm³/mol. The van der Waals surface area contributed by atoms with Gasteiger partial charge in [-0.25, -0.2) is 8.42 Å². The van der Waals surface area contributed by atoms with Crippen molar-refractivity contribution >= 4 is 33.4 Å². The molecule has 0 spiro atoms. The molecule has 0 amide bonds. The molecular formula is C13H18ClNO3S2. The van der Waals surface area contributed by atoms with Gasteiger partial charge in [0.25, 0.3) is 0 Å². The zero-order chi connectivity index (χ0) is 14.6. The first-order valence-electron chi connectivity index (χ1n) is 6.44. The van der Waals surface area contributed by atoms with Crippen LogP contribution in [0, 0.1) is 0 Å². The van der Waals surface area contributed by atoms with Gasteiger partial charge in [0.05, 0.1) is 10.8 Å². The Morgan fingerprint density at radius 1 is 1.40 bits per heavy atom. The van der Waals surface area contributed by atoms with Gasteiger partial charge in [-0.2, -0.15) is 16.1 Å². The SMILES string of the molecule is CC1CSCCN1S(=O)(=O)c1ccc(OCCCl)cc1. The summed E-state index contributed by atoms with van der Waals surface area (Å²) in [6, 6.07) is 6.55. The van der Waals surface area contributed by atoms with E-state index in [0.29, 0.717) is 29.7 Å². The van der Waals surface area contributed by atoms with Crippen LogP contribution in [-0.4, -0.2) is 49.3 Å². The molecule has 1 atom stereocenters. The molecule has 7 heteroatoms. The Labute approximate surface area is 129 Å². The number of benzene rings is 1. The van der Waals surface area contributed by atoms with Crippen molar-refractivity contribution in [1.29, 1.82) is 0 Å². The third-order valence-electron chi connectivity index (χ3n) is 3.08. The molecule has 0 aliphatic carbocycles. The van der Waals surface area contributed by atoms with Crippen molar-refractivity contribution in [1.82, 2.24) is 4.31 Å². The first kappa shape index (κ1) is 15.9. The molecule has 0 bridgehead atoms. The van der Waals surface area contributed by atoms with Crippen LogP contribution in [-0.2, 0) is 10.0 Å². The summed E-state index contributed by atoms with van der Waals surface area (Å²) in [7, 11) is -3.41. The lowest BCUT2D eigenvalue weighted by atomic mass is 10.3. The second-order valence-electron chi connectivity index (χ2n) is 4.55. The van der Waals surface area contributed by atoms with E-state index in [2.05, 4.69) is 0 Å². The summed E-state index contributed by atoms with van der Waals surface area (Å²) in [4.78, 5) is 0.314. The molecule has 1 aliphatic heterocycles. The minimum atomic E-state index is -3.41. The first-order chi connectivity index (χ1) is 9.55. The molecule has 1 saturated heterocycles. The van der Waals surface area contributed by atoms with Crippen LogP contribution in [0.2, 0.25) is 0 Å². The molecule has 4 nitrogen and oxygen atoms in total. The van der Waals surface area contributed by atoms with Crippen molar-refractivity contribution in [3.8, 4) is 5.75 Å². The fourth-order valence-corrected chi connectivity index (χ4v) is 5.00. The summed E-state index contributed by atoms with van der Waals surface area (Å²) < 4.78 is 32.1. The summed E-state index contributed by atoms with van der Waals surface area (Å²) in [6.45, 7) is 2.92. The maximum absolute atomic E-state index is 12.6. The molecule has 1 aliphatic rings. The van der Waals surface area contributed by atoms with Gasteiger partial charge >= 0.3 is 0 Å². The fourth-order valence-electron chi connectivity index (χ4n) is 2.07. The van der Waals surface area contributed by atoms with Crippen molar-refractivity contribution in [2.45, 2.75) is 17.9 Å². The number of hydrogen-bond acceptors (Lipinski definition) is 4. The summed E-state index contributed by atoms with van der Waals surface area (Å²) in [5.41, 5.74) is 0. The number of alkyl halides is 1. The number of nitrogens with zero attached hydrogens (tertiary/aromatic N) is 1. The Kier molecular flexibility index (Phi) is 5.60. The maximum atomic E-state index is 12.6. The van der Waals surface area contributed by atoms with Crippen molar-refractivity contribution in [3.63, 3.8) is 0 Å². The van der Waals surface area contributed by atoms with E-state index >= 15 is 0 Å². The van der Waals surface area contributed by atoms with E-state index in [0.717, 1.165) is 11.5 Å². The van der Waals surface area contributed by atoms with Gasteiger partial charge in [-0.05, 0) is 31.2 Å². The molecule has 1 heterocycles. The van der Waals surface area contributed by atoms with E-state index in [9.17, 15) is 8.42 Å². The quantitative estimate of drug-likeness (QED) is 0.775. The standard InChI is InChI=1S/C13H18ClNO3S2/c1-11-10-19-9-7-15(11)20(16,17)13-4-2-12(3-5-13)18-8-6-14/h2-5,11H,6-10H2,1H3. The number of thioether (sulfide) groups is 1. The topological polar surface area (TPSA) is 46.6 Å². The lowest BCUT2D eigenvalue weighted by molar-refractivity contribution is 0.342. The summed E-state index contributed by atoms with van der Waals surface area (Å²) in [5.74, 6) is 2.73. The molecule has 2 rings (SSSR count). The van der Waals surface area contributed by atoms with Crippen LogP contribution in [0.1, 0.15) is 6.92 Å². The lowest BCUT2D eigenvalue weighted by Crippen LogP contribution is -2.44. The molecule has 0 radical (unpaired) electrons. The number of rotatable bonds is 5. The van der Waals surface area contributed by atoms with Gasteiger partial charge in [0.1, 0.15) is 12.4 Å². The highest BCUT2D eigenvalue weighted by Gasteiger charge is 2.31. The van der Waals surface area contributed by atoms with Gasteiger partial charge in [0.2, 0.25) is 10.0 Å². The predicted octanol–water partition coefficient (Wildman–Crippen LogP) is 2.43. The molecule has 20 heavy (non-hydrogen) atoms. The van der Waals surface area contributed by atoms with Gasteiger partial charge in [0, 0.05) is 24.1 Å². The second-order valence-corrected chi connectivity index (χ2v) is 7.97. The van der Waals surface area contributed by atoms with Gasteiger partial charge in [-0.3, -0.25) is 0 Å². The summed E-state index contributed by atoms with van der Waals surface area (Å²) >= 11 is 7.33. The highest BCUT2D eigenvalue weighted by atomic mass is 35.5. The van der Waals surface area contributed by atoms with E-state index in [-0.39, 0.29) is 6.04 Å². The Hall–Kier alpha value is -0.430. The van der Waals surface area contributed by atoms with Crippen LogP contribution >= 0.6 is 23.4 Å². The highest BCUT2D eigenvalue weighted by Crippen LogP contribution is 2.25. The lowest BCUT2D eigenvalue weighted by Gasteiger charge is -2.31. The Morgan fingerprint density at radius 3 is 2.70 bits per heavy atom. The minimum absolute atomic E-state index is 0.0333. The van der Waals surface area contributed by atoms with E-state index in [1.807, 2.05) is 6.92 Å². The molecule has 0 aromatic heterocycles. The van der Waals surface area contributed by atoms with Gasteiger partial charge in [-0.15, -0.1) is 11.6 Å². The van der Waals surface area contributed by atoms with E-state index in [1.54, 1.807) is 40.3 Å². The van der Waals surface area contributed by atoms with Crippen molar-refractivity contribution in [2.24, 2.45) is 0 Å². The molecule has 1 unspecified atom stereocenters. The Bertz CT molecular complexity index is 533. The molecular weight excluding hydrogens is 318 g/mol. The monoisotopic (exact) mass is 335 g/mol. The molecule has 1 aromatic carbocycles. The average molecular weight is 336 g/mol. The van der Waals surface area contributed by atoms with Crippen LogP contribution in [0.5, 0.6) is 5.75 Å². The molecule has 0 N–H and O–H groups in total. The molecule has 1 aromatic rings. The molecule has 0 saturated carbocycles. The fraction of sp³-hybridized carbons (Fsp3) is 0.538. The zero-order valence-corrected chi connectivity index (χ0v) is 13.7. The largest absolute Gasteiger partial charge is 0.492 e. The normalized spacial score (nSPS) is 20.8. The minimum Gasteiger partial charge on any atom is -0.492 e. The highest BCUT2D eigenvalue weighted by molar-refractivity contribution is 7.99. The van der Waals surface area contributed by atoms with Gasteiger partial charge in [-0.1, -0.05) is 0 Å². The van der Waals surface area contributed by atoms with Crippen molar-refractivity contribution in [2.75, 3.05) is 30.5 Å². The average Bonchev–Trinajstić information content (AvgIpc) is 2.46. The van der Waals surface area contributed by atoms with Crippen LogP contribution in [0.4, 0.5) is 0 Å². The first-order valence-corrected chi connectivity index (χ1v) is 9.57. The van der Waals surface area contributed by atoms with E-state index < -0.39 is 10.0 Å². The maximum Gasteiger partial charge on any atom is 0.243 e. The van der Waals surface area contributed by atoms with Crippen molar-refractivity contribution in [3.05, 3.63) is 24.3 Å². The van der Waals surface area contributed by atoms with Gasteiger partial charge in [0.15, 0.2) is 0 Å². The number of hydrogen-bond donors (Lipinski definition) is 0. The summed E-state index contributed by atoms with van der Waals surface area (Å²) in [6.07, 6.45) is 0. The summed E-state index contributed by atoms with van der Waals surface area (Å²) in [5, 5.41) is 0.